The van der Waals surface area contributed by atoms with Crippen molar-refractivity contribution in [2.75, 3.05) is 36.2 Å². The van der Waals surface area contributed by atoms with Crippen molar-refractivity contribution in [2.24, 2.45) is 0 Å². The molecule has 0 spiro atoms. The summed E-state index contributed by atoms with van der Waals surface area (Å²) in [5, 5.41) is 16.1. The number of methoxy groups -OCH3 is 1. The number of rotatable bonds is 8. The van der Waals surface area contributed by atoms with Crippen molar-refractivity contribution in [1.82, 2.24) is 5.32 Å². The van der Waals surface area contributed by atoms with E-state index in [9.17, 15) is 14.7 Å². The molecule has 3 N–H and O–H groups in total. The fourth-order valence-electron chi connectivity index (χ4n) is 4.34. The molecule has 3 aromatic carbocycles. The van der Waals surface area contributed by atoms with E-state index >= 15 is 0 Å². The minimum atomic E-state index is -0.369. The Hall–Kier alpha value is -3.69. The van der Waals surface area contributed by atoms with Gasteiger partial charge in [-0.15, -0.1) is 11.8 Å². The van der Waals surface area contributed by atoms with E-state index in [1.165, 1.54) is 18.9 Å². The maximum Gasteiger partial charge on any atom is 0.414 e. The van der Waals surface area contributed by atoms with Crippen molar-refractivity contribution in [3.05, 3.63) is 66.2 Å². The lowest BCUT2D eigenvalue weighted by Gasteiger charge is -2.20. The number of phenolic OH excluding ortho intramolecular Hbond substituents is 1. The number of aromatic hydroxyl groups is 1. The molecule has 1 saturated heterocycles. The second kappa shape index (κ2) is 10.5. The Kier molecular flexibility index (Phi) is 7.02. The van der Waals surface area contributed by atoms with Crippen molar-refractivity contribution in [1.29, 1.82) is 0 Å². The molecule has 2 aliphatic heterocycles. The Balaban J connectivity index is 1.14. The molecule has 2 amide bonds. The number of carbonyl (C=O) groups is 2. The predicted octanol–water partition coefficient (Wildman–Crippen LogP) is 4.62. The lowest BCUT2D eigenvalue weighted by molar-refractivity contribution is -0.113. The first-order chi connectivity index (χ1) is 17.5. The Morgan fingerprint density at radius 3 is 2.86 bits per heavy atom. The highest BCUT2D eigenvalue weighted by molar-refractivity contribution is 8.00. The van der Waals surface area contributed by atoms with Gasteiger partial charge in [-0.25, -0.2) is 4.79 Å². The number of nitrogens with zero attached hydrogens (tertiary/aromatic N) is 1. The molecule has 1 atom stereocenters. The summed E-state index contributed by atoms with van der Waals surface area (Å²) in [7, 11) is 1.53. The van der Waals surface area contributed by atoms with Gasteiger partial charge in [0.1, 0.15) is 6.10 Å². The smallest absolute Gasteiger partial charge is 0.414 e. The molecule has 0 saturated carbocycles. The monoisotopic (exact) mass is 505 g/mol. The molecule has 9 heteroatoms. The number of phenols is 1. The van der Waals surface area contributed by atoms with E-state index in [2.05, 4.69) is 22.8 Å². The molecule has 0 bridgehead atoms. The number of carbonyl (C=O) groups excluding carboxylic acids is 2. The summed E-state index contributed by atoms with van der Waals surface area (Å²) in [6.07, 6.45) is 0.113. The van der Waals surface area contributed by atoms with E-state index in [1.54, 1.807) is 11.0 Å². The van der Waals surface area contributed by atoms with Crippen LogP contribution in [0.3, 0.4) is 0 Å². The summed E-state index contributed by atoms with van der Waals surface area (Å²) in [4.78, 5) is 26.8. The molecule has 186 valence electrons. The van der Waals surface area contributed by atoms with E-state index in [1.807, 2.05) is 42.5 Å². The maximum absolute atomic E-state index is 12.5. The molecule has 0 radical (unpaired) electrons. The molecule has 3 aromatic rings. The predicted molar refractivity (Wildman–Crippen MR) is 140 cm³/mol. The molecule has 0 aromatic heterocycles. The summed E-state index contributed by atoms with van der Waals surface area (Å²) in [5.41, 5.74) is 4.58. The van der Waals surface area contributed by atoms with Crippen LogP contribution in [0.1, 0.15) is 12.0 Å². The van der Waals surface area contributed by atoms with Gasteiger partial charge in [-0.1, -0.05) is 24.3 Å². The van der Waals surface area contributed by atoms with E-state index in [4.69, 9.17) is 9.47 Å². The lowest BCUT2D eigenvalue weighted by atomic mass is 10.0. The SMILES string of the molecule is COc1cc(-c2cccc(CNCC[C@@H]3CN(c4ccc5c(c4)NC(=O)CS5)C(=O)O3)c2)ccc1O. The molecular formula is C27H27N3O5S. The minimum absolute atomic E-state index is 0.0362. The van der Waals surface area contributed by atoms with Gasteiger partial charge in [0.15, 0.2) is 11.5 Å². The number of cyclic esters (lactones) is 1. The Labute approximate surface area is 213 Å². The Morgan fingerprint density at radius 2 is 2.00 bits per heavy atom. The van der Waals surface area contributed by atoms with Gasteiger partial charge >= 0.3 is 6.09 Å². The molecule has 2 aliphatic rings. The van der Waals surface area contributed by atoms with Gasteiger partial charge in [-0.3, -0.25) is 9.69 Å². The van der Waals surface area contributed by atoms with Crippen LogP contribution in [0.2, 0.25) is 0 Å². The highest BCUT2D eigenvalue weighted by Gasteiger charge is 2.32. The molecule has 0 aliphatic carbocycles. The molecular weight excluding hydrogens is 478 g/mol. The third-order valence-electron chi connectivity index (χ3n) is 6.19. The number of thioether (sulfide) groups is 1. The van der Waals surface area contributed by atoms with Gasteiger partial charge in [0.25, 0.3) is 0 Å². The van der Waals surface area contributed by atoms with Gasteiger partial charge < -0.3 is 25.2 Å². The van der Waals surface area contributed by atoms with E-state index in [0.29, 0.717) is 37.6 Å². The van der Waals surface area contributed by atoms with Gasteiger partial charge in [-0.05, 0) is 66.1 Å². The molecule has 36 heavy (non-hydrogen) atoms. The lowest BCUT2D eigenvalue weighted by Crippen LogP contribution is -2.26. The van der Waals surface area contributed by atoms with Crippen LogP contribution in [0.25, 0.3) is 11.1 Å². The highest BCUT2D eigenvalue weighted by atomic mass is 32.2. The summed E-state index contributed by atoms with van der Waals surface area (Å²) in [6.45, 7) is 1.84. The number of amides is 2. The number of hydrogen-bond donors (Lipinski definition) is 3. The first-order valence-corrected chi connectivity index (χ1v) is 12.7. The summed E-state index contributed by atoms with van der Waals surface area (Å²) < 4.78 is 10.8. The summed E-state index contributed by atoms with van der Waals surface area (Å²) in [6, 6.07) is 19.1. The quantitative estimate of drug-likeness (QED) is 0.384. The molecule has 5 rings (SSSR count). The van der Waals surface area contributed by atoms with Crippen LogP contribution in [0, 0.1) is 0 Å². The topological polar surface area (TPSA) is 100 Å². The number of hydrogen-bond acceptors (Lipinski definition) is 7. The number of benzene rings is 3. The van der Waals surface area contributed by atoms with Crippen molar-refractivity contribution in [2.45, 2.75) is 24.0 Å². The maximum atomic E-state index is 12.5. The van der Waals surface area contributed by atoms with Crippen LogP contribution >= 0.6 is 11.8 Å². The van der Waals surface area contributed by atoms with Gasteiger partial charge in [0.05, 0.1) is 25.1 Å². The first kappa shape index (κ1) is 24.0. The van der Waals surface area contributed by atoms with Crippen LogP contribution in [-0.4, -0.2) is 49.2 Å². The first-order valence-electron chi connectivity index (χ1n) is 11.7. The fourth-order valence-corrected chi connectivity index (χ4v) is 5.12. The van der Waals surface area contributed by atoms with Crippen molar-refractivity contribution in [3.8, 4) is 22.6 Å². The standard InChI is InChI=1S/C27H27N3O5S/c1-34-24-12-19(5-7-23(24)31)18-4-2-3-17(11-18)14-28-10-9-21-15-30(27(33)35-21)20-6-8-25-22(13-20)29-26(32)16-36-25/h2-8,11-13,21,28,31H,9-10,14-16H2,1H3,(H,29,32)/t21-/m1/s1. The van der Waals surface area contributed by atoms with Gasteiger partial charge in [0, 0.05) is 17.1 Å². The molecule has 0 unspecified atom stereocenters. The molecule has 2 heterocycles. The molecule has 1 fully saturated rings. The number of nitrogens with one attached hydrogen (secondary N) is 2. The average molecular weight is 506 g/mol. The third-order valence-corrected chi connectivity index (χ3v) is 7.27. The van der Waals surface area contributed by atoms with Crippen LogP contribution in [0.4, 0.5) is 16.2 Å². The second-order valence-electron chi connectivity index (χ2n) is 8.69. The number of fused-ring (bicyclic) bond motifs is 1. The zero-order chi connectivity index (χ0) is 25.1. The van der Waals surface area contributed by atoms with Gasteiger partial charge in [-0.2, -0.15) is 0 Å². The molecule has 8 nitrogen and oxygen atoms in total. The van der Waals surface area contributed by atoms with E-state index < -0.39 is 0 Å². The summed E-state index contributed by atoms with van der Waals surface area (Å²) in [5.74, 6) is 0.923. The largest absolute Gasteiger partial charge is 0.504 e. The van der Waals surface area contributed by atoms with E-state index in [-0.39, 0.29) is 23.9 Å². The fraction of sp³-hybridized carbons (Fsp3) is 0.259. The second-order valence-corrected chi connectivity index (χ2v) is 9.70. The van der Waals surface area contributed by atoms with Crippen LogP contribution in [0.5, 0.6) is 11.5 Å². The highest BCUT2D eigenvalue weighted by Crippen LogP contribution is 2.36. The summed E-state index contributed by atoms with van der Waals surface area (Å²) >= 11 is 1.49. The van der Waals surface area contributed by atoms with Crippen LogP contribution in [0.15, 0.2) is 65.6 Å². The Bertz CT molecular complexity index is 1300. The van der Waals surface area contributed by atoms with Crippen LogP contribution < -0.4 is 20.3 Å². The normalized spacial score (nSPS) is 16.9. The average Bonchev–Trinajstić information content (AvgIpc) is 3.27. The van der Waals surface area contributed by atoms with E-state index in [0.717, 1.165) is 33.0 Å². The van der Waals surface area contributed by atoms with Crippen LogP contribution in [-0.2, 0) is 16.1 Å². The Morgan fingerprint density at radius 1 is 1.14 bits per heavy atom. The van der Waals surface area contributed by atoms with Gasteiger partial charge in [0.2, 0.25) is 5.91 Å². The zero-order valence-corrected chi connectivity index (χ0v) is 20.6. The zero-order valence-electron chi connectivity index (χ0n) is 19.8. The number of ether oxygens (including phenoxy) is 2. The van der Waals surface area contributed by atoms with Crippen molar-refractivity contribution < 1.29 is 24.2 Å². The number of anilines is 2. The van der Waals surface area contributed by atoms with Crippen molar-refractivity contribution in [3.63, 3.8) is 0 Å². The third kappa shape index (κ3) is 5.27. The minimum Gasteiger partial charge on any atom is -0.504 e. The van der Waals surface area contributed by atoms with Crippen molar-refractivity contribution >= 4 is 35.1 Å².